The highest BCUT2D eigenvalue weighted by Crippen LogP contribution is 2.31. The fourth-order valence-electron chi connectivity index (χ4n) is 2.96. The summed E-state index contributed by atoms with van der Waals surface area (Å²) in [4.78, 5) is 11.6. The second-order valence-electron chi connectivity index (χ2n) is 6.94. The Morgan fingerprint density at radius 2 is 1.90 bits per heavy atom. The highest BCUT2D eigenvalue weighted by molar-refractivity contribution is 7.86. The maximum atomic E-state index is 12.3. The molecular formula is C20H20ClN3O6S. The van der Waals surface area contributed by atoms with E-state index in [1.54, 1.807) is 0 Å². The molecule has 0 aliphatic rings. The Balaban J connectivity index is 1.60. The Bertz CT molecular complexity index is 1180. The smallest absolute Gasteiger partial charge is 0.298 e. The first-order valence-corrected chi connectivity index (χ1v) is 11.1. The summed E-state index contributed by atoms with van der Waals surface area (Å²) >= 11 is 5.83. The van der Waals surface area contributed by atoms with Crippen LogP contribution >= 0.6 is 11.6 Å². The molecule has 0 saturated heterocycles. The summed E-state index contributed by atoms with van der Waals surface area (Å²) < 4.78 is 37.4. The molecule has 0 spiro atoms. The third-order valence-electron chi connectivity index (χ3n) is 4.52. The Labute approximate surface area is 183 Å². The van der Waals surface area contributed by atoms with Crippen molar-refractivity contribution in [3.8, 4) is 5.75 Å². The summed E-state index contributed by atoms with van der Waals surface area (Å²) in [6.45, 7) is 0. The van der Waals surface area contributed by atoms with Crippen molar-refractivity contribution in [1.82, 2.24) is 10.2 Å². The number of phenolic OH excluding ortho intramolecular Hbond substituents is 1. The summed E-state index contributed by atoms with van der Waals surface area (Å²) in [5.74, 6) is -0.423. The van der Waals surface area contributed by atoms with Crippen LogP contribution in [0.15, 0.2) is 51.8 Å². The zero-order chi connectivity index (χ0) is 22.6. The van der Waals surface area contributed by atoms with E-state index in [4.69, 9.17) is 21.8 Å². The minimum absolute atomic E-state index is 0.0124. The van der Waals surface area contributed by atoms with E-state index in [2.05, 4.69) is 10.2 Å². The largest absolute Gasteiger partial charge is 0.506 e. The summed E-state index contributed by atoms with van der Waals surface area (Å²) in [6, 6.07) is 11.1. The zero-order valence-electron chi connectivity index (χ0n) is 16.2. The first-order valence-electron chi connectivity index (χ1n) is 9.26. The molecule has 0 saturated carbocycles. The molecule has 9 nitrogen and oxygen atoms in total. The minimum atomic E-state index is -4.69. The van der Waals surface area contributed by atoms with Gasteiger partial charge in [-0.15, -0.1) is 10.2 Å². The van der Waals surface area contributed by atoms with Gasteiger partial charge in [-0.1, -0.05) is 41.9 Å². The van der Waals surface area contributed by atoms with Gasteiger partial charge < -0.3 is 15.3 Å². The second-order valence-corrected chi connectivity index (χ2v) is 8.77. The molecule has 1 atom stereocenters. The Morgan fingerprint density at radius 3 is 2.58 bits per heavy atom. The van der Waals surface area contributed by atoms with Crippen molar-refractivity contribution < 1.29 is 27.3 Å². The monoisotopic (exact) mass is 465 g/mol. The average molecular weight is 466 g/mol. The fourth-order valence-corrected chi connectivity index (χ4v) is 3.92. The van der Waals surface area contributed by atoms with Crippen LogP contribution in [0, 0.1) is 0 Å². The van der Waals surface area contributed by atoms with E-state index in [1.165, 1.54) is 6.07 Å². The molecule has 0 fully saturated rings. The summed E-state index contributed by atoms with van der Waals surface area (Å²) in [6.07, 6.45) is 0.400. The van der Waals surface area contributed by atoms with Gasteiger partial charge in [0.2, 0.25) is 11.8 Å². The molecule has 0 radical (unpaired) electrons. The number of aromatic nitrogens is 2. The number of carbonyl (C=O) groups excluding carboxylic acids is 1. The predicted molar refractivity (Wildman–Crippen MR) is 111 cm³/mol. The quantitative estimate of drug-likeness (QED) is 0.404. The maximum absolute atomic E-state index is 12.3. The third-order valence-corrected chi connectivity index (χ3v) is 5.60. The van der Waals surface area contributed by atoms with E-state index in [1.807, 2.05) is 30.3 Å². The molecule has 0 aliphatic heterocycles. The van der Waals surface area contributed by atoms with Gasteiger partial charge in [0.25, 0.3) is 10.1 Å². The van der Waals surface area contributed by atoms with Gasteiger partial charge in [-0.3, -0.25) is 9.35 Å². The van der Waals surface area contributed by atoms with Crippen LogP contribution < -0.4 is 5.73 Å². The molecular weight excluding hydrogens is 446 g/mol. The van der Waals surface area contributed by atoms with Crippen molar-refractivity contribution in [2.45, 2.75) is 36.6 Å². The third kappa shape index (κ3) is 6.11. The minimum Gasteiger partial charge on any atom is -0.506 e. The molecule has 3 aromatic rings. The number of Topliss-reactive ketones (excluding diaryl/α,β-unsaturated/α-hetero) is 1. The standard InChI is InChI=1S/C20H20ClN3O6S/c21-14-9-13(19(26)17(11-14)31(27,28)29)10-15(25)6-7-16(22)20-24-23-18(30-20)8-12-4-2-1-3-5-12/h1-5,9,11,16,26H,6-8,10,22H2,(H,27,28,29)/t16-/m0/s1. The first-order chi connectivity index (χ1) is 14.6. The number of phenols is 1. The van der Waals surface area contributed by atoms with E-state index in [-0.39, 0.29) is 41.5 Å². The fraction of sp³-hybridized carbons (Fsp3) is 0.250. The molecule has 0 bridgehead atoms. The van der Waals surface area contributed by atoms with E-state index in [0.717, 1.165) is 11.6 Å². The van der Waals surface area contributed by atoms with E-state index in [0.29, 0.717) is 12.3 Å². The van der Waals surface area contributed by atoms with Crippen molar-refractivity contribution in [2.75, 3.05) is 0 Å². The number of hydrogen-bond donors (Lipinski definition) is 3. The Kier molecular flexibility index (Phi) is 7.06. The number of ketones is 1. The van der Waals surface area contributed by atoms with Gasteiger partial charge in [-0.05, 0) is 24.1 Å². The molecule has 3 rings (SSSR count). The number of rotatable bonds is 9. The normalized spacial score (nSPS) is 12.6. The number of halogens is 1. The molecule has 0 unspecified atom stereocenters. The number of nitrogens with zero attached hydrogens (tertiary/aromatic N) is 2. The molecule has 1 heterocycles. The SMILES string of the molecule is N[C@@H](CCC(=O)Cc1cc(Cl)cc(S(=O)(=O)O)c1O)c1nnc(Cc2ccccc2)o1. The van der Waals surface area contributed by atoms with Crippen LogP contribution in [0.25, 0.3) is 0 Å². The lowest BCUT2D eigenvalue weighted by molar-refractivity contribution is -0.118. The van der Waals surface area contributed by atoms with Gasteiger partial charge in [-0.2, -0.15) is 8.42 Å². The topological polar surface area (TPSA) is 157 Å². The Hall–Kier alpha value is -2.79. The molecule has 164 valence electrons. The molecule has 1 aromatic heterocycles. The van der Waals surface area contributed by atoms with Gasteiger partial charge in [0.15, 0.2) is 0 Å². The summed E-state index contributed by atoms with van der Waals surface area (Å²) in [5.41, 5.74) is 7.04. The second kappa shape index (κ2) is 9.56. The lowest BCUT2D eigenvalue weighted by atomic mass is 10.0. The van der Waals surface area contributed by atoms with Gasteiger partial charge in [0.05, 0.1) is 12.5 Å². The van der Waals surface area contributed by atoms with Crippen LogP contribution in [0.3, 0.4) is 0 Å². The van der Waals surface area contributed by atoms with E-state index >= 15 is 0 Å². The van der Waals surface area contributed by atoms with Crippen LogP contribution in [-0.4, -0.2) is 34.1 Å². The van der Waals surface area contributed by atoms with Gasteiger partial charge >= 0.3 is 0 Å². The van der Waals surface area contributed by atoms with E-state index < -0.39 is 26.8 Å². The van der Waals surface area contributed by atoms with Crippen molar-refractivity contribution in [3.63, 3.8) is 0 Å². The number of carbonyl (C=O) groups is 1. The molecule has 4 N–H and O–H groups in total. The average Bonchev–Trinajstić information content (AvgIpc) is 3.17. The molecule has 31 heavy (non-hydrogen) atoms. The van der Waals surface area contributed by atoms with Crippen LogP contribution in [-0.2, 0) is 27.8 Å². The van der Waals surface area contributed by atoms with Crippen LogP contribution in [0.5, 0.6) is 5.75 Å². The number of aromatic hydroxyl groups is 1. The molecule has 2 aromatic carbocycles. The molecule has 11 heteroatoms. The van der Waals surface area contributed by atoms with Crippen molar-refractivity contribution in [3.05, 3.63) is 70.4 Å². The first kappa shape index (κ1) is 22.9. The lowest BCUT2D eigenvalue weighted by Crippen LogP contribution is -2.14. The van der Waals surface area contributed by atoms with Gasteiger partial charge in [0, 0.05) is 23.4 Å². The number of hydrogen-bond acceptors (Lipinski definition) is 8. The molecule has 0 aliphatic carbocycles. The Morgan fingerprint density at radius 1 is 1.19 bits per heavy atom. The zero-order valence-corrected chi connectivity index (χ0v) is 17.8. The maximum Gasteiger partial charge on any atom is 0.298 e. The predicted octanol–water partition coefficient (Wildman–Crippen LogP) is 2.86. The number of benzene rings is 2. The number of nitrogens with two attached hydrogens (primary N) is 1. The van der Waals surface area contributed by atoms with Gasteiger partial charge in [-0.25, -0.2) is 0 Å². The highest BCUT2D eigenvalue weighted by atomic mass is 35.5. The van der Waals surface area contributed by atoms with E-state index in [9.17, 15) is 22.9 Å². The van der Waals surface area contributed by atoms with Crippen molar-refractivity contribution >= 4 is 27.5 Å². The van der Waals surface area contributed by atoms with Crippen LogP contribution in [0.4, 0.5) is 0 Å². The van der Waals surface area contributed by atoms with Crippen molar-refractivity contribution in [1.29, 1.82) is 0 Å². The van der Waals surface area contributed by atoms with Crippen LogP contribution in [0.1, 0.15) is 41.8 Å². The van der Waals surface area contributed by atoms with Crippen molar-refractivity contribution in [2.24, 2.45) is 5.73 Å². The van der Waals surface area contributed by atoms with Crippen LogP contribution in [0.2, 0.25) is 5.02 Å². The summed E-state index contributed by atoms with van der Waals surface area (Å²) in [5, 5.41) is 17.9. The van der Waals surface area contributed by atoms with Gasteiger partial charge in [0.1, 0.15) is 16.4 Å². The lowest BCUT2D eigenvalue weighted by Gasteiger charge is -2.10. The highest BCUT2D eigenvalue weighted by Gasteiger charge is 2.22. The molecule has 0 amide bonds. The summed E-state index contributed by atoms with van der Waals surface area (Å²) in [7, 11) is -4.69.